The molecule has 0 unspecified atom stereocenters. The summed E-state index contributed by atoms with van der Waals surface area (Å²) in [6.07, 6.45) is 16.6. The molecule has 0 spiro atoms. The highest BCUT2D eigenvalue weighted by molar-refractivity contribution is 4.66. The Morgan fingerprint density at radius 3 is 1.90 bits per heavy atom. The summed E-state index contributed by atoms with van der Waals surface area (Å²) >= 11 is 0. The predicted molar refractivity (Wildman–Crippen MR) is 92.2 cm³/mol. The Kier molecular flexibility index (Phi) is 16.4. The van der Waals surface area contributed by atoms with Crippen molar-refractivity contribution in [3.05, 3.63) is 12.7 Å². The van der Waals surface area contributed by atoms with E-state index < -0.39 is 0 Å². The van der Waals surface area contributed by atoms with Crippen LogP contribution in [0.4, 0.5) is 0 Å². The van der Waals surface area contributed by atoms with Crippen molar-refractivity contribution in [3.8, 4) is 0 Å². The molecular weight excluding hydrogens is 244 g/mol. The third kappa shape index (κ3) is 14.1. The van der Waals surface area contributed by atoms with E-state index in [1.54, 1.807) is 0 Å². The molecule has 2 nitrogen and oxygen atoms in total. The third-order valence-electron chi connectivity index (χ3n) is 3.89. The van der Waals surface area contributed by atoms with Crippen LogP contribution in [0.5, 0.6) is 0 Å². The minimum Gasteiger partial charge on any atom is -0.330 e. The summed E-state index contributed by atoms with van der Waals surface area (Å²) in [7, 11) is 0. The lowest BCUT2D eigenvalue weighted by Crippen LogP contribution is -2.28. The zero-order valence-corrected chi connectivity index (χ0v) is 13.9. The Morgan fingerprint density at radius 2 is 1.35 bits per heavy atom. The summed E-state index contributed by atoms with van der Waals surface area (Å²) in [5, 5.41) is 0. The minimum absolute atomic E-state index is 0.825. The van der Waals surface area contributed by atoms with E-state index in [2.05, 4.69) is 18.4 Å². The molecule has 0 aliphatic heterocycles. The van der Waals surface area contributed by atoms with E-state index in [0.717, 1.165) is 13.0 Å². The van der Waals surface area contributed by atoms with Gasteiger partial charge in [-0.15, -0.1) is 6.58 Å². The Hall–Kier alpha value is -0.340. The van der Waals surface area contributed by atoms with Crippen molar-refractivity contribution in [3.63, 3.8) is 0 Å². The van der Waals surface area contributed by atoms with E-state index in [-0.39, 0.29) is 0 Å². The average Bonchev–Trinajstić information content (AvgIpc) is 2.47. The van der Waals surface area contributed by atoms with E-state index in [4.69, 9.17) is 5.73 Å². The lowest BCUT2D eigenvalue weighted by atomic mass is 10.1. The Bertz CT molecular complexity index is 192. The molecule has 0 aromatic heterocycles. The van der Waals surface area contributed by atoms with Gasteiger partial charge in [0.1, 0.15) is 0 Å². The highest BCUT2D eigenvalue weighted by atomic mass is 15.1. The molecule has 0 aromatic rings. The van der Waals surface area contributed by atoms with Crippen molar-refractivity contribution in [2.75, 3.05) is 26.2 Å². The van der Waals surface area contributed by atoms with E-state index >= 15 is 0 Å². The first-order valence-electron chi connectivity index (χ1n) is 8.88. The molecule has 0 fully saturated rings. The van der Waals surface area contributed by atoms with Gasteiger partial charge in [0.15, 0.2) is 0 Å². The zero-order chi connectivity index (χ0) is 14.9. The maximum atomic E-state index is 5.64. The topological polar surface area (TPSA) is 29.3 Å². The lowest BCUT2D eigenvalue weighted by molar-refractivity contribution is 0.259. The second-order valence-corrected chi connectivity index (χ2v) is 5.89. The maximum Gasteiger partial charge on any atom is -0.000672 e. The van der Waals surface area contributed by atoms with Crippen LogP contribution in [0.2, 0.25) is 0 Å². The number of hydrogen-bond acceptors (Lipinski definition) is 2. The molecule has 0 saturated carbocycles. The van der Waals surface area contributed by atoms with Crippen molar-refractivity contribution in [2.24, 2.45) is 5.73 Å². The zero-order valence-electron chi connectivity index (χ0n) is 13.9. The van der Waals surface area contributed by atoms with Crippen LogP contribution in [-0.4, -0.2) is 31.1 Å². The summed E-state index contributed by atoms with van der Waals surface area (Å²) < 4.78 is 0. The first kappa shape index (κ1) is 19.7. The first-order chi connectivity index (χ1) is 9.85. The Balaban J connectivity index is 3.58. The fourth-order valence-electron chi connectivity index (χ4n) is 2.57. The van der Waals surface area contributed by atoms with Crippen LogP contribution in [0.3, 0.4) is 0 Å². The predicted octanol–water partition coefficient (Wildman–Crippen LogP) is 4.74. The molecule has 120 valence electrons. The van der Waals surface area contributed by atoms with E-state index in [9.17, 15) is 0 Å². The number of rotatable bonds is 16. The van der Waals surface area contributed by atoms with Gasteiger partial charge >= 0.3 is 0 Å². The van der Waals surface area contributed by atoms with Gasteiger partial charge < -0.3 is 10.6 Å². The summed E-state index contributed by atoms with van der Waals surface area (Å²) in [4.78, 5) is 2.63. The molecule has 20 heavy (non-hydrogen) atoms. The van der Waals surface area contributed by atoms with Crippen LogP contribution >= 0.6 is 0 Å². The van der Waals surface area contributed by atoms with Gasteiger partial charge in [0.05, 0.1) is 0 Å². The molecule has 0 amide bonds. The first-order valence-corrected chi connectivity index (χ1v) is 8.88. The molecule has 0 heterocycles. The Labute approximate surface area is 127 Å². The Morgan fingerprint density at radius 1 is 0.800 bits per heavy atom. The molecule has 0 bridgehead atoms. The van der Waals surface area contributed by atoms with Crippen molar-refractivity contribution in [1.82, 2.24) is 4.90 Å². The van der Waals surface area contributed by atoms with Crippen molar-refractivity contribution >= 4 is 0 Å². The molecule has 0 rings (SSSR count). The van der Waals surface area contributed by atoms with Gasteiger partial charge in [-0.1, -0.05) is 51.5 Å². The fraction of sp³-hybridized carbons (Fsp3) is 0.889. The van der Waals surface area contributed by atoms with Gasteiger partial charge in [0.2, 0.25) is 0 Å². The van der Waals surface area contributed by atoms with Crippen molar-refractivity contribution < 1.29 is 0 Å². The van der Waals surface area contributed by atoms with Crippen LogP contribution in [0, 0.1) is 0 Å². The van der Waals surface area contributed by atoms with Gasteiger partial charge in [-0.25, -0.2) is 0 Å². The van der Waals surface area contributed by atoms with Gasteiger partial charge in [-0.05, 0) is 58.3 Å². The minimum atomic E-state index is 0.825. The summed E-state index contributed by atoms with van der Waals surface area (Å²) in [6, 6.07) is 0. The SMILES string of the molecule is C=CCCCCCCN(CCCN)CCCCCCC. The van der Waals surface area contributed by atoms with Gasteiger partial charge in [0.25, 0.3) is 0 Å². The number of nitrogens with zero attached hydrogens (tertiary/aromatic N) is 1. The molecule has 0 atom stereocenters. The molecule has 2 N–H and O–H groups in total. The van der Waals surface area contributed by atoms with Crippen LogP contribution in [-0.2, 0) is 0 Å². The van der Waals surface area contributed by atoms with Gasteiger partial charge in [-0.3, -0.25) is 0 Å². The second-order valence-electron chi connectivity index (χ2n) is 5.89. The highest BCUT2D eigenvalue weighted by Gasteiger charge is 2.03. The lowest BCUT2D eigenvalue weighted by Gasteiger charge is -2.22. The molecule has 0 radical (unpaired) electrons. The highest BCUT2D eigenvalue weighted by Crippen LogP contribution is 2.08. The largest absolute Gasteiger partial charge is 0.330 e. The molecule has 0 aromatic carbocycles. The van der Waals surface area contributed by atoms with Crippen LogP contribution in [0.25, 0.3) is 0 Å². The van der Waals surface area contributed by atoms with Crippen molar-refractivity contribution in [2.45, 2.75) is 77.6 Å². The summed E-state index contributed by atoms with van der Waals surface area (Å²) in [5.41, 5.74) is 5.64. The smallest absolute Gasteiger partial charge is 0.000672 e. The monoisotopic (exact) mass is 282 g/mol. The van der Waals surface area contributed by atoms with Crippen LogP contribution in [0.1, 0.15) is 77.6 Å². The number of hydrogen-bond donors (Lipinski definition) is 1. The maximum absolute atomic E-state index is 5.64. The molecule has 0 saturated heterocycles. The van der Waals surface area contributed by atoms with Gasteiger partial charge in [0, 0.05) is 0 Å². The van der Waals surface area contributed by atoms with Gasteiger partial charge in [-0.2, -0.15) is 0 Å². The molecule has 0 aliphatic rings. The summed E-state index contributed by atoms with van der Waals surface area (Å²) in [6.45, 7) is 10.6. The van der Waals surface area contributed by atoms with Crippen LogP contribution in [0.15, 0.2) is 12.7 Å². The number of unbranched alkanes of at least 4 members (excludes halogenated alkanes) is 8. The fourth-order valence-corrected chi connectivity index (χ4v) is 2.57. The standard InChI is InChI=1S/C18H38N2/c1-3-5-7-9-11-13-17-20(18-14-15-19)16-12-10-8-6-4-2/h3H,1,4-19H2,2H3. The third-order valence-corrected chi connectivity index (χ3v) is 3.89. The molecule has 0 aliphatic carbocycles. The number of nitrogens with two attached hydrogens (primary N) is 1. The van der Waals surface area contributed by atoms with Crippen LogP contribution < -0.4 is 5.73 Å². The number of allylic oxidation sites excluding steroid dienone is 1. The second kappa shape index (κ2) is 16.7. The molecule has 2 heteroatoms. The normalized spacial score (nSPS) is 11.2. The summed E-state index contributed by atoms with van der Waals surface area (Å²) in [5.74, 6) is 0. The van der Waals surface area contributed by atoms with Crippen molar-refractivity contribution in [1.29, 1.82) is 0 Å². The van der Waals surface area contributed by atoms with E-state index in [1.165, 1.54) is 83.8 Å². The van der Waals surface area contributed by atoms with E-state index in [0.29, 0.717) is 0 Å². The van der Waals surface area contributed by atoms with E-state index in [1.807, 2.05) is 6.08 Å². The average molecular weight is 283 g/mol. The quantitative estimate of drug-likeness (QED) is 0.327. The molecular formula is C18H38N2.